The second-order valence-corrected chi connectivity index (χ2v) is 4.10. The zero-order valence-electron chi connectivity index (χ0n) is 11.4. The Hall–Kier alpha value is -1.88. The summed E-state index contributed by atoms with van der Waals surface area (Å²) < 4.78 is 10.8. The Morgan fingerprint density at radius 1 is 1.21 bits per heavy atom. The largest absolute Gasteiger partial charge is 0.489 e. The molecule has 0 radical (unpaired) electrons. The smallest absolute Gasteiger partial charge is 0.195 e. The highest BCUT2D eigenvalue weighted by atomic mass is 16.5. The number of aromatic nitrogens is 2. The molecular weight excluding hydrogens is 242 g/mol. The summed E-state index contributed by atoms with van der Waals surface area (Å²) in [4.78, 5) is 10.7. The lowest BCUT2D eigenvalue weighted by Crippen LogP contribution is -2.27. The number of hydrogen-bond acceptors (Lipinski definition) is 5. The fraction of sp³-hybridized carbons (Fsp3) is 0.429. The van der Waals surface area contributed by atoms with Crippen LogP contribution in [-0.2, 0) is 0 Å². The first-order chi connectivity index (χ1) is 9.33. The van der Waals surface area contributed by atoms with Crippen molar-refractivity contribution in [2.45, 2.75) is 13.8 Å². The number of furan rings is 1. The summed E-state index contributed by atoms with van der Waals surface area (Å²) in [7, 11) is 0. The van der Waals surface area contributed by atoms with E-state index in [0.717, 1.165) is 19.6 Å². The maximum absolute atomic E-state index is 5.62. The number of likely N-dealkylation sites (N-methyl/N-ethyl adjacent to an activating group) is 1. The second kappa shape index (κ2) is 6.89. The van der Waals surface area contributed by atoms with Crippen LogP contribution >= 0.6 is 0 Å². The van der Waals surface area contributed by atoms with Crippen molar-refractivity contribution >= 4 is 0 Å². The van der Waals surface area contributed by atoms with Gasteiger partial charge in [0.1, 0.15) is 6.61 Å². The highest BCUT2D eigenvalue weighted by Crippen LogP contribution is 2.16. The van der Waals surface area contributed by atoms with Gasteiger partial charge < -0.3 is 14.1 Å². The van der Waals surface area contributed by atoms with Crippen molar-refractivity contribution in [2.24, 2.45) is 0 Å². The summed E-state index contributed by atoms with van der Waals surface area (Å²) in [6.07, 6.45) is 4.95. The second-order valence-electron chi connectivity index (χ2n) is 4.10. The van der Waals surface area contributed by atoms with Gasteiger partial charge in [0.25, 0.3) is 0 Å². The van der Waals surface area contributed by atoms with E-state index in [1.807, 2.05) is 12.1 Å². The van der Waals surface area contributed by atoms with E-state index >= 15 is 0 Å². The molecule has 0 aromatic carbocycles. The monoisotopic (exact) mass is 261 g/mol. The van der Waals surface area contributed by atoms with Crippen molar-refractivity contribution in [1.82, 2.24) is 14.9 Å². The first kappa shape index (κ1) is 13.5. The van der Waals surface area contributed by atoms with E-state index in [1.54, 1.807) is 18.7 Å². The lowest BCUT2D eigenvalue weighted by atomic mass is 10.4. The summed E-state index contributed by atoms with van der Waals surface area (Å²) in [6.45, 7) is 7.91. The Balaban J connectivity index is 1.85. The fourth-order valence-electron chi connectivity index (χ4n) is 1.76. The van der Waals surface area contributed by atoms with Gasteiger partial charge >= 0.3 is 0 Å². The van der Waals surface area contributed by atoms with E-state index in [-0.39, 0.29) is 0 Å². The van der Waals surface area contributed by atoms with Crippen molar-refractivity contribution < 1.29 is 9.15 Å². The minimum absolute atomic E-state index is 0.570. The van der Waals surface area contributed by atoms with Gasteiger partial charge in [0.2, 0.25) is 0 Å². The number of rotatable bonds is 7. The maximum Gasteiger partial charge on any atom is 0.195 e. The van der Waals surface area contributed by atoms with Crippen molar-refractivity contribution in [2.75, 3.05) is 26.2 Å². The van der Waals surface area contributed by atoms with Crippen LogP contribution < -0.4 is 4.74 Å². The molecule has 0 fully saturated rings. The van der Waals surface area contributed by atoms with Gasteiger partial charge in [-0.15, -0.1) is 0 Å². The van der Waals surface area contributed by atoms with Crippen LogP contribution in [-0.4, -0.2) is 41.1 Å². The Morgan fingerprint density at radius 3 is 2.53 bits per heavy atom. The molecule has 0 bridgehead atoms. The van der Waals surface area contributed by atoms with E-state index in [0.29, 0.717) is 23.9 Å². The molecular formula is C14H19N3O2. The van der Waals surface area contributed by atoms with E-state index in [1.165, 1.54) is 0 Å². The van der Waals surface area contributed by atoms with Crippen molar-refractivity contribution in [3.63, 3.8) is 0 Å². The highest BCUT2D eigenvalue weighted by molar-refractivity contribution is 5.45. The van der Waals surface area contributed by atoms with Crippen LogP contribution in [0.15, 0.2) is 35.2 Å². The molecule has 0 aliphatic rings. The van der Waals surface area contributed by atoms with Gasteiger partial charge in [0.05, 0.1) is 18.7 Å². The molecule has 2 aromatic rings. The van der Waals surface area contributed by atoms with Gasteiger partial charge in [0, 0.05) is 6.54 Å². The number of hydrogen-bond donors (Lipinski definition) is 0. The van der Waals surface area contributed by atoms with E-state index in [2.05, 4.69) is 28.7 Å². The Kier molecular flexibility index (Phi) is 4.92. The molecule has 0 aliphatic carbocycles. The first-order valence-electron chi connectivity index (χ1n) is 6.54. The summed E-state index contributed by atoms with van der Waals surface area (Å²) in [5.41, 5.74) is 0. The molecule has 19 heavy (non-hydrogen) atoms. The summed E-state index contributed by atoms with van der Waals surface area (Å²) >= 11 is 0. The van der Waals surface area contributed by atoms with Gasteiger partial charge in [-0.25, -0.2) is 9.97 Å². The van der Waals surface area contributed by atoms with E-state index in [9.17, 15) is 0 Å². The van der Waals surface area contributed by atoms with Gasteiger partial charge in [-0.05, 0) is 25.2 Å². The van der Waals surface area contributed by atoms with Crippen LogP contribution in [0.3, 0.4) is 0 Å². The average Bonchev–Trinajstić information content (AvgIpc) is 2.98. The van der Waals surface area contributed by atoms with Crippen molar-refractivity contribution in [3.05, 3.63) is 30.8 Å². The number of nitrogens with zero attached hydrogens (tertiary/aromatic N) is 3. The third kappa shape index (κ3) is 3.79. The topological polar surface area (TPSA) is 51.4 Å². The predicted octanol–water partition coefficient (Wildman–Crippen LogP) is 2.46. The maximum atomic E-state index is 5.62. The Bertz CT molecular complexity index is 464. The molecule has 2 aromatic heterocycles. The van der Waals surface area contributed by atoms with Crippen molar-refractivity contribution in [3.8, 4) is 17.3 Å². The van der Waals surface area contributed by atoms with Crippen LogP contribution in [0.1, 0.15) is 13.8 Å². The van der Waals surface area contributed by atoms with E-state index in [4.69, 9.17) is 9.15 Å². The average molecular weight is 261 g/mol. The molecule has 0 N–H and O–H groups in total. The fourth-order valence-corrected chi connectivity index (χ4v) is 1.76. The molecule has 0 spiro atoms. The molecule has 2 heterocycles. The normalized spacial score (nSPS) is 10.9. The third-order valence-corrected chi connectivity index (χ3v) is 2.94. The zero-order valence-corrected chi connectivity index (χ0v) is 11.4. The van der Waals surface area contributed by atoms with Gasteiger partial charge in [-0.1, -0.05) is 13.8 Å². The molecule has 5 heteroatoms. The molecule has 0 saturated carbocycles. The summed E-state index contributed by atoms with van der Waals surface area (Å²) in [5.74, 6) is 1.92. The quantitative estimate of drug-likeness (QED) is 0.766. The molecule has 2 rings (SSSR count). The van der Waals surface area contributed by atoms with Crippen LogP contribution in [0.2, 0.25) is 0 Å². The zero-order chi connectivity index (χ0) is 13.5. The minimum atomic E-state index is 0.570. The minimum Gasteiger partial charge on any atom is -0.489 e. The lowest BCUT2D eigenvalue weighted by Gasteiger charge is -2.17. The summed E-state index contributed by atoms with van der Waals surface area (Å²) in [6, 6.07) is 3.64. The number of ether oxygens (including phenoxy) is 1. The molecule has 0 unspecified atom stereocenters. The standard InChI is InChI=1S/C14H19N3O2/c1-3-17(4-2)7-9-18-12-10-15-14(16-11-12)13-6-5-8-19-13/h5-6,8,10-11H,3-4,7,9H2,1-2H3. The van der Waals surface area contributed by atoms with E-state index < -0.39 is 0 Å². The first-order valence-corrected chi connectivity index (χ1v) is 6.54. The van der Waals surface area contributed by atoms with Crippen LogP contribution in [0.5, 0.6) is 5.75 Å². The molecule has 0 atom stereocenters. The lowest BCUT2D eigenvalue weighted by molar-refractivity contribution is 0.222. The summed E-state index contributed by atoms with van der Waals surface area (Å²) in [5, 5.41) is 0. The van der Waals surface area contributed by atoms with Crippen LogP contribution in [0.25, 0.3) is 11.6 Å². The third-order valence-electron chi connectivity index (χ3n) is 2.94. The van der Waals surface area contributed by atoms with Gasteiger partial charge in [-0.2, -0.15) is 0 Å². The molecule has 0 amide bonds. The van der Waals surface area contributed by atoms with Gasteiger partial charge in [0.15, 0.2) is 17.3 Å². The molecule has 0 saturated heterocycles. The Labute approximate surface area is 113 Å². The SMILES string of the molecule is CCN(CC)CCOc1cnc(-c2ccco2)nc1. The highest BCUT2D eigenvalue weighted by Gasteiger charge is 2.04. The molecule has 102 valence electrons. The van der Waals surface area contributed by atoms with Gasteiger partial charge in [-0.3, -0.25) is 0 Å². The Morgan fingerprint density at radius 2 is 1.95 bits per heavy atom. The predicted molar refractivity (Wildman–Crippen MR) is 73.0 cm³/mol. The van der Waals surface area contributed by atoms with Crippen molar-refractivity contribution in [1.29, 1.82) is 0 Å². The molecule has 0 aliphatic heterocycles. The van der Waals surface area contributed by atoms with Crippen LogP contribution in [0.4, 0.5) is 0 Å². The van der Waals surface area contributed by atoms with Crippen LogP contribution in [0, 0.1) is 0 Å². The molecule has 5 nitrogen and oxygen atoms in total.